The van der Waals surface area contributed by atoms with Gasteiger partial charge in [-0.1, -0.05) is 27.7 Å². The number of fused-ring (bicyclic) bond motifs is 1. The maximum absolute atomic E-state index is 4.69. The molecule has 0 radical (unpaired) electrons. The monoisotopic (exact) mass is 246 g/mol. The molecule has 4 nitrogen and oxygen atoms in total. The molecule has 0 saturated carbocycles. The Morgan fingerprint density at radius 2 is 1.61 bits per heavy atom. The Hall–Kier alpha value is -1.45. The maximum Gasteiger partial charge on any atom is 0.164 e. The van der Waals surface area contributed by atoms with E-state index < -0.39 is 0 Å². The summed E-state index contributed by atoms with van der Waals surface area (Å²) < 4.78 is 2.12. The summed E-state index contributed by atoms with van der Waals surface area (Å²) in [5.41, 5.74) is 2.97. The minimum Gasteiger partial charge on any atom is -0.313 e. The molecule has 0 spiro atoms. The molecule has 0 aliphatic carbocycles. The van der Waals surface area contributed by atoms with Crippen LogP contribution in [0, 0.1) is 0 Å². The third-order valence-electron chi connectivity index (χ3n) is 3.09. The summed E-state index contributed by atoms with van der Waals surface area (Å²) in [6.07, 6.45) is 1.88. The van der Waals surface area contributed by atoms with Crippen LogP contribution in [-0.2, 0) is 0 Å². The van der Waals surface area contributed by atoms with Crippen molar-refractivity contribution in [2.45, 2.75) is 59.4 Å². The first-order valence-electron chi connectivity index (χ1n) is 6.66. The highest BCUT2D eigenvalue weighted by molar-refractivity contribution is 5.74. The normalized spacial score (nSPS) is 12.3. The zero-order valence-electron chi connectivity index (χ0n) is 12.1. The van der Waals surface area contributed by atoms with Crippen molar-refractivity contribution in [2.75, 3.05) is 0 Å². The van der Waals surface area contributed by atoms with Gasteiger partial charge in [0.25, 0.3) is 0 Å². The van der Waals surface area contributed by atoms with E-state index in [4.69, 9.17) is 0 Å². The summed E-state index contributed by atoms with van der Waals surface area (Å²) >= 11 is 0. The van der Waals surface area contributed by atoms with Crippen LogP contribution in [0.5, 0.6) is 0 Å². The largest absolute Gasteiger partial charge is 0.313 e. The van der Waals surface area contributed by atoms with Gasteiger partial charge in [0.2, 0.25) is 0 Å². The van der Waals surface area contributed by atoms with E-state index in [2.05, 4.69) is 61.1 Å². The molecule has 18 heavy (non-hydrogen) atoms. The number of imidazole rings is 1. The molecule has 0 aromatic carbocycles. The Morgan fingerprint density at radius 1 is 0.944 bits per heavy atom. The van der Waals surface area contributed by atoms with E-state index in [1.165, 1.54) is 0 Å². The number of nitrogens with zero attached hydrogens (tertiary/aromatic N) is 4. The van der Waals surface area contributed by atoms with Gasteiger partial charge in [-0.3, -0.25) is 0 Å². The van der Waals surface area contributed by atoms with Crippen LogP contribution in [0.2, 0.25) is 0 Å². The smallest absolute Gasteiger partial charge is 0.164 e. The zero-order chi connectivity index (χ0) is 13.4. The van der Waals surface area contributed by atoms with Crippen molar-refractivity contribution in [3.05, 3.63) is 17.8 Å². The lowest BCUT2D eigenvalue weighted by molar-refractivity contribution is 0.609. The molecule has 0 unspecified atom stereocenters. The number of aromatic nitrogens is 4. The zero-order valence-corrected chi connectivity index (χ0v) is 12.1. The molecule has 0 atom stereocenters. The molecule has 0 aliphatic heterocycles. The fourth-order valence-corrected chi connectivity index (χ4v) is 1.99. The molecule has 2 aromatic rings. The van der Waals surface area contributed by atoms with Crippen molar-refractivity contribution >= 4 is 11.2 Å². The second-order valence-electron chi connectivity index (χ2n) is 5.69. The van der Waals surface area contributed by atoms with E-state index in [1.807, 2.05) is 6.33 Å². The van der Waals surface area contributed by atoms with E-state index in [0.29, 0.717) is 17.9 Å². The lowest BCUT2D eigenvalue weighted by Gasteiger charge is -2.12. The molecule has 0 aliphatic rings. The van der Waals surface area contributed by atoms with Crippen molar-refractivity contribution in [1.82, 2.24) is 19.5 Å². The first kappa shape index (κ1) is 13.0. The van der Waals surface area contributed by atoms with Crippen molar-refractivity contribution in [3.8, 4) is 0 Å². The minimum atomic E-state index is 0.336. The summed E-state index contributed by atoms with van der Waals surface area (Å²) in [5.74, 6) is 1.61. The van der Waals surface area contributed by atoms with E-state index in [9.17, 15) is 0 Å². The third kappa shape index (κ3) is 2.11. The molecule has 2 rings (SSSR count). The first-order chi connectivity index (χ1) is 8.41. The Bertz CT molecular complexity index is 552. The lowest BCUT2D eigenvalue weighted by Crippen LogP contribution is -2.07. The summed E-state index contributed by atoms with van der Waals surface area (Å²) in [6, 6.07) is 0.366. The summed E-state index contributed by atoms with van der Waals surface area (Å²) in [7, 11) is 0. The highest BCUT2D eigenvalue weighted by Crippen LogP contribution is 2.25. The van der Waals surface area contributed by atoms with Crippen LogP contribution in [-0.4, -0.2) is 19.5 Å². The van der Waals surface area contributed by atoms with Gasteiger partial charge in [-0.05, 0) is 19.8 Å². The number of hydrogen-bond acceptors (Lipinski definition) is 3. The third-order valence-corrected chi connectivity index (χ3v) is 3.09. The van der Waals surface area contributed by atoms with Crippen molar-refractivity contribution in [1.29, 1.82) is 0 Å². The first-order valence-corrected chi connectivity index (χ1v) is 6.66. The molecule has 4 heteroatoms. The Morgan fingerprint density at radius 3 is 2.11 bits per heavy atom. The number of hydrogen-bond donors (Lipinski definition) is 0. The summed E-state index contributed by atoms with van der Waals surface area (Å²) in [6.45, 7) is 12.9. The van der Waals surface area contributed by atoms with E-state index in [1.54, 1.807) is 0 Å². The average Bonchev–Trinajstić information content (AvgIpc) is 2.70. The van der Waals surface area contributed by atoms with Crippen molar-refractivity contribution < 1.29 is 0 Å². The molecule has 0 amide bonds. The van der Waals surface area contributed by atoms with Gasteiger partial charge in [-0.2, -0.15) is 0 Å². The second-order valence-corrected chi connectivity index (χ2v) is 5.69. The van der Waals surface area contributed by atoms with E-state index >= 15 is 0 Å². The van der Waals surface area contributed by atoms with Gasteiger partial charge in [-0.25, -0.2) is 15.0 Å². The highest BCUT2D eigenvalue weighted by Gasteiger charge is 2.17. The van der Waals surface area contributed by atoms with Gasteiger partial charge < -0.3 is 4.57 Å². The fraction of sp³-hybridized carbons (Fsp3) is 0.643. The predicted molar refractivity (Wildman–Crippen MR) is 73.9 cm³/mol. The van der Waals surface area contributed by atoms with Crippen LogP contribution >= 0.6 is 0 Å². The highest BCUT2D eigenvalue weighted by atomic mass is 15.1. The lowest BCUT2D eigenvalue weighted by atomic mass is 10.1. The quantitative estimate of drug-likeness (QED) is 0.830. The summed E-state index contributed by atoms with van der Waals surface area (Å²) in [5, 5.41) is 0. The second kappa shape index (κ2) is 4.67. The van der Waals surface area contributed by atoms with Crippen LogP contribution < -0.4 is 0 Å². The van der Waals surface area contributed by atoms with Crippen molar-refractivity contribution in [2.24, 2.45) is 0 Å². The van der Waals surface area contributed by atoms with Crippen LogP contribution in [0.25, 0.3) is 11.2 Å². The molecular weight excluding hydrogens is 224 g/mol. The van der Waals surface area contributed by atoms with E-state index in [0.717, 1.165) is 22.7 Å². The van der Waals surface area contributed by atoms with E-state index in [-0.39, 0.29) is 0 Å². The SMILES string of the molecule is CC(C)c1nc(C(C)C)c2ncn(C(C)C)c2n1. The Kier molecular flexibility index (Phi) is 3.37. The molecule has 0 fully saturated rings. The topological polar surface area (TPSA) is 43.6 Å². The predicted octanol–water partition coefficient (Wildman–Crippen LogP) is 3.65. The molecule has 98 valence electrons. The maximum atomic E-state index is 4.69. The van der Waals surface area contributed by atoms with Gasteiger partial charge in [0.05, 0.1) is 12.0 Å². The van der Waals surface area contributed by atoms with Crippen LogP contribution in [0.15, 0.2) is 6.33 Å². The Labute approximate surface area is 108 Å². The van der Waals surface area contributed by atoms with Gasteiger partial charge in [0.15, 0.2) is 5.65 Å². The number of rotatable bonds is 3. The van der Waals surface area contributed by atoms with Crippen LogP contribution in [0.4, 0.5) is 0 Å². The van der Waals surface area contributed by atoms with Gasteiger partial charge in [0.1, 0.15) is 11.3 Å². The molecule has 2 heterocycles. The molecule has 0 bridgehead atoms. The molecule has 0 N–H and O–H groups in total. The standard InChI is InChI=1S/C14H22N4/c1-8(2)11-12-14(17-13(16-11)9(3)4)18(7-15-12)10(5)6/h7-10H,1-6H3. The minimum absolute atomic E-state index is 0.336. The molecule has 2 aromatic heterocycles. The van der Waals surface area contributed by atoms with Crippen LogP contribution in [0.3, 0.4) is 0 Å². The van der Waals surface area contributed by atoms with Crippen molar-refractivity contribution in [3.63, 3.8) is 0 Å². The van der Waals surface area contributed by atoms with Gasteiger partial charge in [0, 0.05) is 12.0 Å². The van der Waals surface area contributed by atoms with Gasteiger partial charge >= 0.3 is 0 Å². The molecular formula is C14H22N4. The molecule has 0 saturated heterocycles. The fourth-order valence-electron chi connectivity index (χ4n) is 1.99. The van der Waals surface area contributed by atoms with Crippen LogP contribution in [0.1, 0.15) is 70.9 Å². The van der Waals surface area contributed by atoms with Gasteiger partial charge in [-0.15, -0.1) is 0 Å². The average molecular weight is 246 g/mol. The Balaban J connectivity index is 2.75. The summed E-state index contributed by atoms with van der Waals surface area (Å²) in [4.78, 5) is 13.9.